The molecule has 0 radical (unpaired) electrons. The lowest BCUT2D eigenvalue weighted by molar-refractivity contribution is 0.121. The van der Waals surface area contributed by atoms with Gasteiger partial charge in [-0.25, -0.2) is 0 Å². The standard InChI is InChI=1S/C16H36O6P2/c1-10-11-16(23(17,19-12(2)3)20-13(4)5)24(18,21-14(6)7)22-15(8)9/h12-16H,10-11H2,1-9H3. The highest BCUT2D eigenvalue weighted by Gasteiger charge is 2.52. The van der Waals surface area contributed by atoms with Crippen LogP contribution in [-0.4, -0.2) is 29.8 Å². The van der Waals surface area contributed by atoms with Crippen LogP contribution in [0.25, 0.3) is 0 Å². The molecule has 24 heavy (non-hydrogen) atoms. The van der Waals surface area contributed by atoms with E-state index < -0.39 is 20.6 Å². The summed E-state index contributed by atoms with van der Waals surface area (Å²) in [5.74, 6) is 0. The Morgan fingerprint density at radius 2 is 0.875 bits per heavy atom. The number of rotatable bonds is 12. The van der Waals surface area contributed by atoms with E-state index in [4.69, 9.17) is 18.1 Å². The van der Waals surface area contributed by atoms with Gasteiger partial charge in [-0.2, -0.15) is 0 Å². The molecule has 6 nitrogen and oxygen atoms in total. The van der Waals surface area contributed by atoms with Crippen molar-refractivity contribution >= 4 is 15.2 Å². The largest absolute Gasteiger partial charge is 0.346 e. The third-order valence-corrected chi connectivity index (χ3v) is 9.24. The predicted octanol–water partition coefficient (Wildman–Crippen LogP) is 6.20. The second kappa shape index (κ2) is 10.4. The Bertz CT molecular complexity index is 382. The van der Waals surface area contributed by atoms with Gasteiger partial charge in [0, 0.05) is 0 Å². The van der Waals surface area contributed by atoms with Crippen molar-refractivity contribution in [2.75, 3.05) is 0 Å². The van der Waals surface area contributed by atoms with Gasteiger partial charge in [0.15, 0.2) is 5.40 Å². The lowest BCUT2D eigenvalue weighted by atomic mass is 10.4. The summed E-state index contributed by atoms with van der Waals surface area (Å²) in [4.78, 5) is 0. The van der Waals surface area contributed by atoms with Crippen molar-refractivity contribution in [2.45, 2.75) is 105 Å². The maximum absolute atomic E-state index is 13.6. The molecule has 0 rings (SSSR count). The van der Waals surface area contributed by atoms with Crippen LogP contribution in [0.2, 0.25) is 0 Å². The van der Waals surface area contributed by atoms with E-state index in [-0.39, 0.29) is 24.4 Å². The summed E-state index contributed by atoms with van der Waals surface area (Å²) in [6.07, 6.45) is -0.306. The lowest BCUT2D eigenvalue weighted by Gasteiger charge is -2.35. The van der Waals surface area contributed by atoms with Crippen molar-refractivity contribution in [1.82, 2.24) is 0 Å². The van der Waals surface area contributed by atoms with Crippen LogP contribution in [0.5, 0.6) is 0 Å². The van der Waals surface area contributed by atoms with Gasteiger partial charge in [-0.3, -0.25) is 9.13 Å². The smallest absolute Gasteiger partial charge is 0.305 e. The molecule has 0 spiro atoms. The molecule has 0 aliphatic heterocycles. The van der Waals surface area contributed by atoms with Crippen molar-refractivity contribution in [2.24, 2.45) is 0 Å². The molecule has 0 aliphatic rings. The van der Waals surface area contributed by atoms with Gasteiger partial charge in [0.1, 0.15) is 0 Å². The van der Waals surface area contributed by atoms with E-state index in [2.05, 4.69) is 0 Å². The van der Waals surface area contributed by atoms with Crippen molar-refractivity contribution in [3.05, 3.63) is 0 Å². The zero-order valence-electron chi connectivity index (χ0n) is 16.6. The summed E-state index contributed by atoms with van der Waals surface area (Å²) in [5, 5.41) is -0.940. The van der Waals surface area contributed by atoms with E-state index >= 15 is 0 Å². The molecular weight excluding hydrogens is 350 g/mol. The SMILES string of the molecule is CCCC(P(=O)(OC(C)C)OC(C)C)P(=O)(OC(C)C)OC(C)C. The summed E-state index contributed by atoms with van der Waals surface area (Å²) >= 11 is 0. The van der Waals surface area contributed by atoms with Crippen LogP contribution in [0.1, 0.15) is 75.2 Å². The first kappa shape index (κ1) is 24.3. The monoisotopic (exact) mass is 386 g/mol. The summed E-state index contributed by atoms with van der Waals surface area (Å²) < 4.78 is 49.8. The highest BCUT2D eigenvalue weighted by atomic mass is 31.2. The van der Waals surface area contributed by atoms with E-state index in [9.17, 15) is 9.13 Å². The van der Waals surface area contributed by atoms with E-state index in [0.29, 0.717) is 12.8 Å². The van der Waals surface area contributed by atoms with E-state index in [1.54, 1.807) is 55.4 Å². The van der Waals surface area contributed by atoms with Crippen molar-refractivity contribution in [3.63, 3.8) is 0 Å². The van der Waals surface area contributed by atoms with Gasteiger partial charge in [-0.05, 0) is 61.8 Å². The first-order valence-electron chi connectivity index (χ1n) is 8.79. The van der Waals surface area contributed by atoms with E-state index in [0.717, 1.165) is 0 Å². The van der Waals surface area contributed by atoms with Crippen molar-refractivity contribution in [3.8, 4) is 0 Å². The average Bonchev–Trinajstić information content (AvgIpc) is 2.30. The molecule has 0 bridgehead atoms. The summed E-state index contributed by atoms with van der Waals surface area (Å²) in [5.41, 5.74) is 0. The maximum atomic E-state index is 13.6. The lowest BCUT2D eigenvalue weighted by Crippen LogP contribution is -2.23. The van der Waals surface area contributed by atoms with Gasteiger partial charge in [0.2, 0.25) is 0 Å². The minimum atomic E-state index is -3.71. The molecule has 0 aromatic carbocycles. The Labute approximate surface area is 148 Å². The second-order valence-corrected chi connectivity index (χ2v) is 11.6. The van der Waals surface area contributed by atoms with Crippen molar-refractivity contribution < 1.29 is 27.2 Å². The average molecular weight is 386 g/mol. The van der Waals surface area contributed by atoms with Crippen LogP contribution < -0.4 is 0 Å². The fraction of sp³-hybridized carbons (Fsp3) is 1.00. The molecule has 0 heterocycles. The molecule has 8 heteroatoms. The third-order valence-electron chi connectivity index (χ3n) is 2.71. The van der Waals surface area contributed by atoms with Crippen LogP contribution >= 0.6 is 15.2 Å². The molecular formula is C16H36O6P2. The molecule has 146 valence electrons. The number of hydrogen-bond acceptors (Lipinski definition) is 6. The van der Waals surface area contributed by atoms with Gasteiger partial charge in [0.25, 0.3) is 0 Å². The van der Waals surface area contributed by atoms with Crippen molar-refractivity contribution in [1.29, 1.82) is 0 Å². The Morgan fingerprint density at radius 3 is 1.04 bits per heavy atom. The predicted molar refractivity (Wildman–Crippen MR) is 98.8 cm³/mol. The van der Waals surface area contributed by atoms with Gasteiger partial charge in [-0.15, -0.1) is 0 Å². The zero-order chi connectivity index (χ0) is 19.1. The molecule has 0 fully saturated rings. The first-order chi connectivity index (χ1) is 10.9. The summed E-state index contributed by atoms with van der Waals surface area (Å²) in [7, 11) is -7.41. The number of hydrogen-bond donors (Lipinski definition) is 0. The van der Waals surface area contributed by atoms with Crippen LogP contribution in [-0.2, 0) is 27.2 Å². The van der Waals surface area contributed by atoms with Crippen LogP contribution in [0.4, 0.5) is 0 Å². The Hall–Kier alpha value is 0.300. The highest BCUT2D eigenvalue weighted by Crippen LogP contribution is 2.73. The van der Waals surface area contributed by atoms with Gasteiger partial charge >= 0.3 is 15.2 Å². The maximum Gasteiger partial charge on any atom is 0.346 e. The van der Waals surface area contributed by atoms with Gasteiger partial charge < -0.3 is 18.1 Å². The Morgan fingerprint density at radius 1 is 0.625 bits per heavy atom. The molecule has 0 N–H and O–H groups in total. The molecule has 0 aromatic heterocycles. The molecule has 0 aromatic rings. The molecule has 0 atom stereocenters. The fourth-order valence-corrected chi connectivity index (χ4v) is 8.45. The second-order valence-electron chi connectivity index (χ2n) is 6.97. The van der Waals surface area contributed by atoms with Crippen LogP contribution in [0, 0.1) is 0 Å². The quantitative estimate of drug-likeness (QED) is 0.372. The first-order valence-corrected chi connectivity index (χ1v) is 12.0. The minimum Gasteiger partial charge on any atom is -0.305 e. The van der Waals surface area contributed by atoms with E-state index in [1.165, 1.54) is 0 Å². The molecule has 0 saturated carbocycles. The topological polar surface area (TPSA) is 71.1 Å². The fourth-order valence-electron chi connectivity index (χ4n) is 2.25. The molecule has 0 amide bonds. The van der Waals surface area contributed by atoms with E-state index in [1.807, 2.05) is 6.92 Å². The summed E-state index contributed by atoms with van der Waals surface area (Å²) in [6.45, 7) is 16.1. The van der Waals surface area contributed by atoms with Gasteiger partial charge in [-0.1, -0.05) is 13.3 Å². The van der Waals surface area contributed by atoms with Gasteiger partial charge in [0.05, 0.1) is 24.4 Å². The summed E-state index contributed by atoms with van der Waals surface area (Å²) in [6, 6.07) is 0. The molecule has 0 saturated heterocycles. The zero-order valence-corrected chi connectivity index (χ0v) is 18.4. The highest BCUT2D eigenvalue weighted by molar-refractivity contribution is 7.72. The Kier molecular flexibility index (Phi) is 10.6. The molecule has 0 unspecified atom stereocenters. The Balaban J connectivity index is 6.02. The normalized spacial score (nSPS) is 13.9. The minimum absolute atomic E-state index is 0.333. The molecule has 0 aliphatic carbocycles. The third kappa shape index (κ3) is 8.12. The van der Waals surface area contributed by atoms with Crippen LogP contribution in [0.3, 0.4) is 0 Å². The van der Waals surface area contributed by atoms with Crippen LogP contribution in [0.15, 0.2) is 0 Å².